The predicted molar refractivity (Wildman–Crippen MR) is 87.0 cm³/mol. The Morgan fingerprint density at radius 2 is 1.84 bits per heavy atom. The Labute approximate surface area is 144 Å². The van der Waals surface area contributed by atoms with Crippen molar-refractivity contribution in [3.8, 4) is 0 Å². The van der Waals surface area contributed by atoms with Crippen molar-refractivity contribution in [2.24, 2.45) is 11.8 Å². The van der Waals surface area contributed by atoms with Crippen LogP contribution in [0.3, 0.4) is 0 Å². The van der Waals surface area contributed by atoms with E-state index in [9.17, 15) is 14.4 Å². The normalized spacial score (nSPS) is 23.1. The molecule has 1 aliphatic heterocycles. The second-order valence-corrected chi connectivity index (χ2v) is 6.58. The average Bonchev–Trinajstić information content (AvgIpc) is 3.15. The third-order valence-electron chi connectivity index (χ3n) is 5.06. The number of nitrogens with one attached hydrogen (secondary N) is 1. The number of rotatable bonds is 4. The van der Waals surface area contributed by atoms with Gasteiger partial charge in [0.25, 0.3) is 0 Å². The maximum Gasteiger partial charge on any atom is 0.240 e. The highest BCUT2D eigenvalue weighted by Gasteiger charge is 2.48. The summed E-state index contributed by atoms with van der Waals surface area (Å²) in [6.45, 7) is -0.0332. The first-order valence-corrected chi connectivity index (χ1v) is 8.55. The summed E-state index contributed by atoms with van der Waals surface area (Å²) in [5, 5.41) is 10.8. The van der Waals surface area contributed by atoms with E-state index in [0.717, 1.165) is 30.6 Å². The first-order valence-electron chi connectivity index (χ1n) is 8.55. The number of carbonyl (C=O) groups excluding carboxylic acids is 3. The van der Waals surface area contributed by atoms with Gasteiger partial charge in [-0.1, -0.05) is 18.9 Å². The van der Waals surface area contributed by atoms with Crippen LogP contribution in [0.1, 0.15) is 31.5 Å². The van der Waals surface area contributed by atoms with Crippen molar-refractivity contribution >= 4 is 23.4 Å². The molecule has 1 aliphatic carbocycles. The first kappa shape index (κ1) is 15.7. The number of amides is 3. The highest BCUT2D eigenvalue weighted by Crippen LogP contribution is 2.37. The standard InChI is InChI=1S/C17H19N5O3/c23-15(18-9-14-20-19-13-7-3-4-8-21(13)14)10-22-16(24)11-5-1-2-6-12(11)17(22)25/h3-4,7-8,11-12H,1-2,5-6,9-10H2,(H,18,23)/t11-,12+. The maximum absolute atomic E-state index is 12.4. The van der Waals surface area contributed by atoms with Crippen LogP contribution in [-0.4, -0.2) is 43.8 Å². The van der Waals surface area contributed by atoms with Crippen LogP contribution in [-0.2, 0) is 20.9 Å². The quantitative estimate of drug-likeness (QED) is 0.818. The molecule has 8 nitrogen and oxygen atoms in total. The minimum absolute atomic E-state index is 0.188. The summed E-state index contributed by atoms with van der Waals surface area (Å²) in [5.41, 5.74) is 0.695. The van der Waals surface area contributed by atoms with Gasteiger partial charge in [0.2, 0.25) is 17.7 Å². The fraction of sp³-hybridized carbons (Fsp3) is 0.471. The van der Waals surface area contributed by atoms with Gasteiger partial charge in [0.15, 0.2) is 11.5 Å². The molecule has 0 spiro atoms. The van der Waals surface area contributed by atoms with Crippen LogP contribution in [0.4, 0.5) is 0 Å². The van der Waals surface area contributed by atoms with E-state index in [4.69, 9.17) is 0 Å². The summed E-state index contributed by atoms with van der Waals surface area (Å²) < 4.78 is 1.78. The number of carbonyl (C=O) groups is 3. The average molecular weight is 341 g/mol. The molecular weight excluding hydrogens is 322 g/mol. The Bertz CT molecular complexity index is 822. The van der Waals surface area contributed by atoms with E-state index in [2.05, 4.69) is 15.5 Å². The minimum Gasteiger partial charge on any atom is -0.347 e. The summed E-state index contributed by atoms with van der Waals surface area (Å²) in [6, 6.07) is 5.53. The number of aromatic nitrogens is 3. The van der Waals surface area contributed by atoms with Crippen LogP contribution in [0.2, 0.25) is 0 Å². The van der Waals surface area contributed by atoms with E-state index in [0.29, 0.717) is 11.5 Å². The zero-order valence-corrected chi connectivity index (χ0v) is 13.7. The van der Waals surface area contributed by atoms with Gasteiger partial charge in [0.1, 0.15) is 6.54 Å². The van der Waals surface area contributed by atoms with Crippen LogP contribution >= 0.6 is 0 Å². The van der Waals surface area contributed by atoms with Gasteiger partial charge in [-0.2, -0.15) is 0 Å². The molecule has 1 N–H and O–H groups in total. The number of likely N-dealkylation sites (tertiary alicyclic amines) is 1. The lowest BCUT2D eigenvalue weighted by molar-refractivity contribution is -0.143. The third kappa shape index (κ3) is 2.77. The number of fused-ring (bicyclic) bond motifs is 2. The van der Waals surface area contributed by atoms with E-state index in [1.54, 1.807) is 4.40 Å². The van der Waals surface area contributed by atoms with Crippen LogP contribution in [0.25, 0.3) is 5.65 Å². The topological polar surface area (TPSA) is 96.7 Å². The van der Waals surface area contributed by atoms with Gasteiger partial charge in [0.05, 0.1) is 18.4 Å². The van der Waals surface area contributed by atoms with Gasteiger partial charge in [-0.05, 0) is 25.0 Å². The van der Waals surface area contributed by atoms with Crippen molar-refractivity contribution in [3.63, 3.8) is 0 Å². The smallest absolute Gasteiger partial charge is 0.240 e. The largest absolute Gasteiger partial charge is 0.347 e. The number of nitrogens with zero attached hydrogens (tertiary/aromatic N) is 4. The van der Waals surface area contributed by atoms with Crippen molar-refractivity contribution in [2.45, 2.75) is 32.2 Å². The SMILES string of the molecule is O=C(CN1C(=O)[C@H]2CCCC[C@H]2C1=O)NCc1nnc2ccccn12. The second-order valence-electron chi connectivity index (χ2n) is 6.58. The summed E-state index contributed by atoms with van der Waals surface area (Å²) in [6.07, 6.45) is 5.26. The van der Waals surface area contributed by atoms with E-state index in [1.807, 2.05) is 24.4 Å². The number of imide groups is 1. The van der Waals surface area contributed by atoms with E-state index in [-0.39, 0.29) is 42.6 Å². The molecule has 0 unspecified atom stereocenters. The van der Waals surface area contributed by atoms with Crippen LogP contribution in [0, 0.1) is 11.8 Å². The van der Waals surface area contributed by atoms with Gasteiger partial charge < -0.3 is 5.32 Å². The predicted octanol–water partition coefficient (Wildman–Crippen LogP) is 0.521. The molecule has 4 rings (SSSR count). The molecule has 3 amide bonds. The molecule has 3 heterocycles. The summed E-state index contributed by atoms with van der Waals surface area (Å²) in [4.78, 5) is 38.1. The van der Waals surface area contributed by atoms with Crippen molar-refractivity contribution in [1.29, 1.82) is 0 Å². The Morgan fingerprint density at radius 3 is 2.56 bits per heavy atom. The molecule has 0 bridgehead atoms. The van der Waals surface area contributed by atoms with Crippen molar-refractivity contribution in [2.75, 3.05) is 6.54 Å². The second kappa shape index (κ2) is 6.27. The number of pyridine rings is 1. The first-order chi connectivity index (χ1) is 12.1. The molecule has 2 aromatic rings. The summed E-state index contributed by atoms with van der Waals surface area (Å²) in [5.74, 6) is -0.621. The van der Waals surface area contributed by atoms with Crippen molar-refractivity contribution in [1.82, 2.24) is 24.8 Å². The fourth-order valence-electron chi connectivity index (χ4n) is 3.78. The minimum atomic E-state index is -0.368. The molecule has 1 saturated heterocycles. The van der Waals surface area contributed by atoms with Gasteiger partial charge in [-0.25, -0.2) is 0 Å². The Morgan fingerprint density at radius 1 is 1.12 bits per heavy atom. The zero-order valence-electron chi connectivity index (χ0n) is 13.7. The van der Waals surface area contributed by atoms with Crippen molar-refractivity contribution < 1.29 is 14.4 Å². The monoisotopic (exact) mass is 341 g/mol. The van der Waals surface area contributed by atoms with Gasteiger partial charge in [-0.15, -0.1) is 10.2 Å². The Hall–Kier alpha value is -2.77. The number of hydrogen-bond acceptors (Lipinski definition) is 5. The molecule has 2 aliphatic rings. The lowest BCUT2D eigenvalue weighted by Gasteiger charge is -2.19. The lowest BCUT2D eigenvalue weighted by atomic mass is 9.81. The van der Waals surface area contributed by atoms with Gasteiger partial charge >= 0.3 is 0 Å². The molecule has 130 valence electrons. The lowest BCUT2D eigenvalue weighted by Crippen LogP contribution is -2.41. The Balaban J connectivity index is 1.39. The van der Waals surface area contributed by atoms with Crippen molar-refractivity contribution in [3.05, 3.63) is 30.2 Å². The number of hydrogen-bond donors (Lipinski definition) is 1. The molecule has 2 aromatic heterocycles. The molecule has 2 atom stereocenters. The molecule has 0 radical (unpaired) electrons. The Kier molecular flexibility index (Phi) is 3.95. The molecule has 25 heavy (non-hydrogen) atoms. The third-order valence-corrected chi connectivity index (χ3v) is 5.06. The van der Waals surface area contributed by atoms with E-state index >= 15 is 0 Å². The van der Waals surface area contributed by atoms with Crippen LogP contribution < -0.4 is 5.32 Å². The summed E-state index contributed by atoms with van der Waals surface area (Å²) in [7, 11) is 0. The van der Waals surface area contributed by atoms with E-state index < -0.39 is 0 Å². The fourth-order valence-corrected chi connectivity index (χ4v) is 3.78. The molecule has 0 aromatic carbocycles. The zero-order chi connectivity index (χ0) is 17.4. The highest BCUT2D eigenvalue weighted by molar-refractivity contribution is 6.07. The van der Waals surface area contributed by atoms with Crippen LogP contribution in [0.5, 0.6) is 0 Å². The summed E-state index contributed by atoms with van der Waals surface area (Å²) >= 11 is 0. The maximum atomic E-state index is 12.4. The molecular formula is C17H19N5O3. The molecule has 1 saturated carbocycles. The highest BCUT2D eigenvalue weighted by atomic mass is 16.2. The molecule has 2 fully saturated rings. The van der Waals surface area contributed by atoms with Gasteiger partial charge in [-0.3, -0.25) is 23.7 Å². The van der Waals surface area contributed by atoms with Crippen LogP contribution in [0.15, 0.2) is 24.4 Å². The molecule has 8 heteroatoms. The van der Waals surface area contributed by atoms with Gasteiger partial charge in [0, 0.05) is 6.20 Å². The van der Waals surface area contributed by atoms with E-state index in [1.165, 1.54) is 0 Å².